The van der Waals surface area contributed by atoms with E-state index < -0.39 is 0 Å². The number of halogens is 1. The number of carbonyl (C=O) groups is 1. The molecule has 1 aliphatic rings. The lowest BCUT2D eigenvalue weighted by Gasteiger charge is -2.02. The van der Waals surface area contributed by atoms with Crippen LogP contribution >= 0.6 is 22.6 Å². The molecule has 0 aromatic rings. The number of rotatable bonds is 2. The second kappa shape index (κ2) is 4.84. The highest BCUT2D eigenvalue weighted by atomic mass is 127. The quantitative estimate of drug-likeness (QED) is 0.441. The van der Waals surface area contributed by atoms with E-state index in [0.717, 1.165) is 3.58 Å². The van der Waals surface area contributed by atoms with Crippen molar-refractivity contribution in [3.63, 3.8) is 0 Å². The van der Waals surface area contributed by atoms with Crippen molar-refractivity contribution >= 4 is 28.6 Å². The fourth-order valence-corrected chi connectivity index (χ4v) is 2.23. The number of hydrogen-bond acceptors (Lipinski definition) is 2. The van der Waals surface area contributed by atoms with Gasteiger partial charge in [0.2, 0.25) is 0 Å². The van der Waals surface area contributed by atoms with Gasteiger partial charge in [0.25, 0.3) is 0 Å². The Morgan fingerprint density at radius 2 is 2.08 bits per heavy atom. The van der Waals surface area contributed by atoms with Crippen molar-refractivity contribution in [3.05, 3.63) is 9.66 Å². The summed E-state index contributed by atoms with van der Waals surface area (Å²) in [7, 11) is 1.42. The Labute approximate surface area is 86.5 Å². The standard InChI is InChI=1S/C9H13IO2/c1-12-9(11)8(10)6-7-4-2-3-5-7/h6-7H,2-5H2,1H3. The Balaban J connectivity index is 2.48. The molecular formula is C9H13IO2. The van der Waals surface area contributed by atoms with Gasteiger partial charge in [0.15, 0.2) is 0 Å². The first-order valence-corrected chi connectivity index (χ1v) is 5.27. The van der Waals surface area contributed by atoms with Gasteiger partial charge in [-0.3, -0.25) is 0 Å². The first-order chi connectivity index (χ1) is 5.74. The minimum Gasteiger partial charge on any atom is -0.465 e. The molecule has 0 spiro atoms. The third kappa shape index (κ3) is 2.77. The monoisotopic (exact) mass is 280 g/mol. The molecule has 1 fully saturated rings. The Hall–Kier alpha value is -0.0600. The first kappa shape index (κ1) is 10.0. The van der Waals surface area contributed by atoms with Crippen LogP contribution in [0.15, 0.2) is 9.66 Å². The first-order valence-electron chi connectivity index (χ1n) is 4.19. The third-order valence-electron chi connectivity index (χ3n) is 2.16. The molecule has 2 nitrogen and oxygen atoms in total. The van der Waals surface area contributed by atoms with Crippen LogP contribution in [-0.4, -0.2) is 13.1 Å². The van der Waals surface area contributed by atoms with Crippen LogP contribution in [0.25, 0.3) is 0 Å². The summed E-state index contributed by atoms with van der Waals surface area (Å²) in [5.41, 5.74) is 0. The van der Waals surface area contributed by atoms with Crippen molar-refractivity contribution in [1.29, 1.82) is 0 Å². The van der Waals surface area contributed by atoms with Crippen molar-refractivity contribution in [3.8, 4) is 0 Å². The molecule has 0 amide bonds. The molecule has 0 atom stereocenters. The van der Waals surface area contributed by atoms with Gasteiger partial charge in [-0.05, 0) is 41.4 Å². The fraction of sp³-hybridized carbons (Fsp3) is 0.667. The molecule has 3 heteroatoms. The molecule has 1 rings (SSSR count). The average molecular weight is 280 g/mol. The van der Waals surface area contributed by atoms with Gasteiger partial charge in [0.05, 0.1) is 10.7 Å². The van der Waals surface area contributed by atoms with E-state index in [1.165, 1.54) is 32.8 Å². The Kier molecular flexibility index (Phi) is 4.05. The third-order valence-corrected chi connectivity index (χ3v) is 2.96. The second-order valence-electron chi connectivity index (χ2n) is 3.05. The highest BCUT2D eigenvalue weighted by Gasteiger charge is 2.15. The Morgan fingerprint density at radius 1 is 1.50 bits per heavy atom. The molecule has 1 aliphatic carbocycles. The minimum absolute atomic E-state index is 0.206. The molecular weight excluding hydrogens is 267 g/mol. The lowest BCUT2D eigenvalue weighted by Crippen LogP contribution is -2.01. The van der Waals surface area contributed by atoms with Gasteiger partial charge < -0.3 is 4.74 Å². The predicted molar refractivity (Wildman–Crippen MR) is 56.1 cm³/mol. The van der Waals surface area contributed by atoms with Crippen molar-refractivity contribution in [1.82, 2.24) is 0 Å². The molecule has 1 saturated carbocycles. The molecule has 0 heterocycles. The number of carbonyl (C=O) groups excluding carboxylic acids is 1. The van der Waals surface area contributed by atoms with Crippen LogP contribution in [0.4, 0.5) is 0 Å². The lowest BCUT2D eigenvalue weighted by molar-refractivity contribution is -0.135. The highest BCUT2D eigenvalue weighted by molar-refractivity contribution is 14.1. The minimum atomic E-state index is -0.206. The molecule has 0 N–H and O–H groups in total. The molecule has 68 valence electrons. The molecule has 0 aromatic heterocycles. The SMILES string of the molecule is COC(=O)C(I)=CC1CCCC1. The molecule has 12 heavy (non-hydrogen) atoms. The number of esters is 1. The Bertz CT molecular complexity index is 193. The predicted octanol–water partition coefficient (Wildman–Crippen LogP) is 2.67. The van der Waals surface area contributed by atoms with Gasteiger partial charge in [-0.15, -0.1) is 0 Å². The van der Waals surface area contributed by atoms with Gasteiger partial charge >= 0.3 is 5.97 Å². The largest absolute Gasteiger partial charge is 0.465 e. The molecule has 0 bridgehead atoms. The van der Waals surface area contributed by atoms with Crippen LogP contribution in [0.5, 0.6) is 0 Å². The average Bonchev–Trinajstić information content (AvgIpc) is 2.55. The van der Waals surface area contributed by atoms with Crippen molar-refractivity contribution in [2.45, 2.75) is 25.7 Å². The second-order valence-corrected chi connectivity index (χ2v) is 4.21. The van der Waals surface area contributed by atoms with E-state index in [4.69, 9.17) is 0 Å². The lowest BCUT2D eigenvalue weighted by atomic mass is 10.1. The van der Waals surface area contributed by atoms with Gasteiger partial charge in [-0.2, -0.15) is 0 Å². The van der Waals surface area contributed by atoms with Crippen molar-refractivity contribution in [2.75, 3.05) is 7.11 Å². The molecule has 0 aliphatic heterocycles. The Morgan fingerprint density at radius 3 is 2.58 bits per heavy atom. The maximum absolute atomic E-state index is 11.0. The summed E-state index contributed by atoms with van der Waals surface area (Å²) < 4.78 is 5.33. The zero-order chi connectivity index (χ0) is 8.97. The summed E-state index contributed by atoms with van der Waals surface area (Å²) in [5.74, 6) is 0.401. The smallest absolute Gasteiger partial charge is 0.343 e. The van der Waals surface area contributed by atoms with E-state index in [1.807, 2.05) is 28.7 Å². The van der Waals surface area contributed by atoms with E-state index in [1.54, 1.807) is 0 Å². The van der Waals surface area contributed by atoms with Crippen molar-refractivity contribution in [2.24, 2.45) is 5.92 Å². The normalized spacial score (nSPS) is 19.7. The van der Waals surface area contributed by atoms with Crippen LogP contribution in [0.2, 0.25) is 0 Å². The van der Waals surface area contributed by atoms with Crippen LogP contribution in [0, 0.1) is 5.92 Å². The zero-order valence-electron chi connectivity index (χ0n) is 7.18. The summed E-state index contributed by atoms with van der Waals surface area (Å²) in [4.78, 5) is 11.0. The van der Waals surface area contributed by atoms with Crippen LogP contribution < -0.4 is 0 Å². The van der Waals surface area contributed by atoms with E-state index in [2.05, 4.69) is 4.74 Å². The number of methoxy groups -OCH3 is 1. The topological polar surface area (TPSA) is 26.3 Å². The molecule has 0 aromatic carbocycles. The maximum Gasteiger partial charge on any atom is 0.343 e. The summed E-state index contributed by atoms with van der Waals surface area (Å²) >= 11 is 2.04. The number of ether oxygens (including phenoxy) is 1. The fourth-order valence-electron chi connectivity index (χ4n) is 1.50. The van der Waals surface area contributed by atoms with Crippen LogP contribution in [0.1, 0.15) is 25.7 Å². The van der Waals surface area contributed by atoms with Crippen LogP contribution in [-0.2, 0) is 9.53 Å². The number of hydrogen-bond donors (Lipinski definition) is 0. The molecule has 0 unspecified atom stereocenters. The van der Waals surface area contributed by atoms with Gasteiger partial charge in [-0.1, -0.05) is 18.9 Å². The molecule has 0 radical (unpaired) electrons. The molecule has 0 saturated heterocycles. The van der Waals surface area contributed by atoms with E-state index in [9.17, 15) is 4.79 Å². The summed E-state index contributed by atoms with van der Waals surface area (Å²) in [6.07, 6.45) is 7.09. The van der Waals surface area contributed by atoms with E-state index in [0.29, 0.717) is 5.92 Å². The van der Waals surface area contributed by atoms with Crippen molar-refractivity contribution < 1.29 is 9.53 Å². The van der Waals surface area contributed by atoms with Gasteiger partial charge in [0, 0.05) is 0 Å². The zero-order valence-corrected chi connectivity index (χ0v) is 9.34. The van der Waals surface area contributed by atoms with Gasteiger partial charge in [-0.25, -0.2) is 4.79 Å². The van der Waals surface area contributed by atoms with E-state index in [-0.39, 0.29) is 5.97 Å². The maximum atomic E-state index is 11.0. The summed E-state index contributed by atoms with van der Waals surface area (Å²) in [6, 6.07) is 0. The highest BCUT2D eigenvalue weighted by Crippen LogP contribution is 2.28. The van der Waals surface area contributed by atoms with Crippen LogP contribution in [0.3, 0.4) is 0 Å². The number of allylic oxidation sites excluding steroid dienone is 1. The summed E-state index contributed by atoms with van der Waals surface area (Å²) in [5, 5.41) is 0. The summed E-state index contributed by atoms with van der Waals surface area (Å²) in [6.45, 7) is 0. The van der Waals surface area contributed by atoms with Gasteiger partial charge in [0.1, 0.15) is 0 Å². The van der Waals surface area contributed by atoms with E-state index >= 15 is 0 Å².